The minimum atomic E-state index is -0.487. The number of rotatable bonds is 4. The number of nitrogens with zero attached hydrogens (tertiary/aromatic N) is 5. The Kier molecular flexibility index (Phi) is 4.74. The first-order valence-corrected chi connectivity index (χ1v) is 8.16. The first kappa shape index (κ1) is 17.6. The number of hydrogen-bond donors (Lipinski definition) is 0. The molecule has 10 heteroatoms. The minimum Gasteiger partial charge on any atom is -0.472 e. The summed E-state index contributed by atoms with van der Waals surface area (Å²) >= 11 is 0. The smallest absolute Gasteiger partial charge is 0.312 e. The molecule has 3 rings (SSSR count). The standard InChI is InChI=1S/C16H19N5O5/c1-11-15(21(24)25)12(2)20(17-11)9-14(22)18-4-6-19(7-5-18)16(23)13-3-8-26-10-13/h3,8,10H,4-7,9H2,1-2H3. The summed E-state index contributed by atoms with van der Waals surface area (Å²) in [6.45, 7) is 4.73. The Morgan fingerprint density at radius 2 is 1.88 bits per heavy atom. The maximum atomic E-state index is 12.5. The zero-order valence-corrected chi connectivity index (χ0v) is 14.5. The van der Waals surface area contributed by atoms with Gasteiger partial charge in [-0.3, -0.25) is 24.4 Å². The number of piperazine rings is 1. The van der Waals surface area contributed by atoms with Gasteiger partial charge in [0.25, 0.3) is 5.91 Å². The first-order valence-electron chi connectivity index (χ1n) is 8.16. The maximum Gasteiger partial charge on any atom is 0.312 e. The van der Waals surface area contributed by atoms with E-state index in [2.05, 4.69) is 5.10 Å². The molecule has 2 aromatic heterocycles. The number of nitro groups is 1. The van der Waals surface area contributed by atoms with Crippen molar-refractivity contribution in [2.24, 2.45) is 0 Å². The van der Waals surface area contributed by atoms with Crippen LogP contribution in [0.3, 0.4) is 0 Å². The highest BCUT2D eigenvalue weighted by Crippen LogP contribution is 2.22. The fourth-order valence-corrected chi connectivity index (χ4v) is 3.06. The van der Waals surface area contributed by atoms with Crippen LogP contribution in [0, 0.1) is 24.0 Å². The van der Waals surface area contributed by atoms with Gasteiger partial charge in [0.05, 0.1) is 16.7 Å². The SMILES string of the molecule is Cc1nn(CC(=O)N2CCN(C(=O)c3ccoc3)CC2)c(C)c1[N+](=O)[O-]. The van der Waals surface area contributed by atoms with Crippen molar-refractivity contribution in [3.05, 3.63) is 45.7 Å². The van der Waals surface area contributed by atoms with Crippen LogP contribution in [-0.4, -0.2) is 62.5 Å². The number of amides is 2. The van der Waals surface area contributed by atoms with Crippen LogP contribution in [0.15, 0.2) is 23.0 Å². The lowest BCUT2D eigenvalue weighted by atomic mass is 10.2. The third-order valence-electron chi connectivity index (χ3n) is 4.50. The van der Waals surface area contributed by atoms with Crippen LogP contribution in [0.25, 0.3) is 0 Å². The van der Waals surface area contributed by atoms with Crippen molar-refractivity contribution in [1.29, 1.82) is 0 Å². The summed E-state index contributed by atoms with van der Waals surface area (Å²) in [5.74, 6) is -0.305. The van der Waals surface area contributed by atoms with E-state index in [1.54, 1.807) is 29.7 Å². The Balaban J connectivity index is 1.60. The van der Waals surface area contributed by atoms with Gasteiger partial charge in [-0.25, -0.2) is 0 Å². The molecular formula is C16H19N5O5. The Morgan fingerprint density at radius 3 is 2.42 bits per heavy atom. The van der Waals surface area contributed by atoms with E-state index >= 15 is 0 Å². The molecule has 0 spiro atoms. The number of aryl methyl sites for hydroxylation is 1. The predicted molar refractivity (Wildman–Crippen MR) is 89.5 cm³/mol. The number of carbonyl (C=O) groups excluding carboxylic acids is 2. The second kappa shape index (κ2) is 6.98. The molecule has 0 atom stereocenters. The van der Waals surface area contributed by atoms with Crippen molar-refractivity contribution in [2.45, 2.75) is 20.4 Å². The molecule has 0 bridgehead atoms. The van der Waals surface area contributed by atoms with E-state index in [4.69, 9.17) is 4.42 Å². The highest BCUT2D eigenvalue weighted by Gasteiger charge is 2.27. The van der Waals surface area contributed by atoms with Gasteiger partial charge >= 0.3 is 5.69 Å². The van der Waals surface area contributed by atoms with Crippen molar-refractivity contribution in [3.63, 3.8) is 0 Å². The van der Waals surface area contributed by atoms with Crippen LogP contribution in [0.2, 0.25) is 0 Å². The molecule has 1 fully saturated rings. The molecule has 2 aromatic rings. The van der Waals surface area contributed by atoms with Crippen molar-refractivity contribution in [3.8, 4) is 0 Å². The lowest BCUT2D eigenvalue weighted by Crippen LogP contribution is -2.51. The third kappa shape index (κ3) is 3.30. The van der Waals surface area contributed by atoms with E-state index in [0.29, 0.717) is 37.4 Å². The summed E-state index contributed by atoms with van der Waals surface area (Å²) in [7, 11) is 0. The van der Waals surface area contributed by atoms with Gasteiger partial charge in [-0.05, 0) is 19.9 Å². The Morgan fingerprint density at radius 1 is 1.23 bits per heavy atom. The number of furan rings is 1. The molecular weight excluding hydrogens is 342 g/mol. The zero-order valence-electron chi connectivity index (χ0n) is 14.5. The van der Waals surface area contributed by atoms with Crippen LogP contribution in [0.5, 0.6) is 0 Å². The van der Waals surface area contributed by atoms with Crippen LogP contribution < -0.4 is 0 Å². The van der Waals surface area contributed by atoms with Crippen molar-refractivity contribution >= 4 is 17.5 Å². The second-order valence-electron chi connectivity index (χ2n) is 6.12. The molecule has 0 aromatic carbocycles. The molecule has 3 heterocycles. The van der Waals surface area contributed by atoms with E-state index in [9.17, 15) is 19.7 Å². The topological polar surface area (TPSA) is 115 Å². The van der Waals surface area contributed by atoms with Crippen molar-refractivity contribution < 1.29 is 18.9 Å². The Bertz CT molecular complexity index is 834. The highest BCUT2D eigenvalue weighted by atomic mass is 16.6. The fourth-order valence-electron chi connectivity index (χ4n) is 3.06. The molecule has 1 aliphatic rings. The maximum absolute atomic E-state index is 12.5. The van der Waals surface area contributed by atoms with Crippen LogP contribution in [0.4, 0.5) is 5.69 Å². The lowest BCUT2D eigenvalue weighted by Gasteiger charge is -2.34. The van der Waals surface area contributed by atoms with Gasteiger partial charge in [-0.1, -0.05) is 0 Å². The monoisotopic (exact) mass is 361 g/mol. The van der Waals surface area contributed by atoms with E-state index < -0.39 is 4.92 Å². The molecule has 0 unspecified atom stereocenters. The van der Waals surface area contributed by atoms with Gasteiger partial charge in [-0.15, -0.1) is 0 Å². The molecule has 0 saturated carbocycles. The van der Waals surface area contributed by atoms with Crippen LogP contribution in [0.1, 0.15) is 21.7 Å². The van der Waals surface area contributed by atoms with Crippen LogP contribution >= 0.6 is 0 Å². The quantitative estimate of drug-likeness (QED) is 0.592. The highest BCUT2D eigenvalue weighted by molar-refractivity contribution is 5.94. The second-order valence-corrected chi connectivity index (χ2v) is 6.12. The summed E-state index contributed by atoms with van der Waals surface area (Å²) in [4.78, 5) is 38.6. The average Bonchev–Trinajstić information content (AvgIpc) is 3.23. The number of carbonyl (C=O) groups is 2. The zero-order chi connectivity index (χ0) is 18.8. The van der Waals surface area contributed by atoms with E-state index in [0.717, 1.165) is 0 Å². The molecule has 10 nitrogen and oxygen atoms in total. The van der Waals surface area contributed by atoms with Gasteiger partial charge in [0.2, 0.25) is 5.91 Å². The fraction of sp³-hybridized carbons (Fsp3) is 0.438. The van der Waals surface area contributed by atoms with E-state index in [-0.39, 0.29) is 29.7 Å². The van der Waals surface area contributed by atoms with Gasteiger partial charge < -0.3 is 14.2 Å². The van der Waals surface area contributed by atoms with Crippen molar-refractivity contribution in [2.75, 3.05) is 26.2 Å². The molecule has 26 heavy (non-hydrogen) atoms. The first-order chi connectivity index (χ1) is 12.4. The summed E-state index contributed by atoms with van der Waals surface area (Å²) in [6, 6.07) is 1.61. The third-order valence-corrected chi connectivity index (χ3v) is 4.50. The van der Waals surface area contributed by atoms with E-state index in [1.807, 2.05) is 0 Å². The van der Waals surface area contributed by atoms with Gasteiger partial charge in [0.15, 0.2) is 0 Å². The van der Waals surface area contributed by atoms with Crippen molar-refractivity contribution in [1.82, 2.24) is 19.6 Å². The summed E-state index contributed by atoms with van der Waals surface area (Å²) in [5, 5.41) is 15.1. The molecule has 1 saturated heterocycles. The molecule has 1 aliphatic heterocycles. The summed E-state index contributed by atoms with van der Waals surface area (Å²) in [6.07, 6.45) is 2.84. The number of aromatic nitrogens is 2. The Hall–Kier alpha value is -3.17. The summed E-state index contributed by atoms with van der Waals surface area (Å²) < 4.78 is 6.28. The van der Waals surface area contributed by atoms with Gasteiger partial charge in [-0.2, -0.15) is 5.10 Å². The molecule has 0 N–H and O–H groups in total. The molecule has 2 amide bonds. The number of hydrogen-bond acceptors (Lipinski definition) is 6. The molecule has 0 aliphatic carbocycles. The van der Waals surface area contributed by atoms with Gasteiger partial charge in [0, 0.05) is 26.2 Å². The predicted octanol–water partition coefficient (Wildman–Crippen LogP) is 0.986. The lowest BCUT2D eigenvalue weighted by molar-refractivity contribution is -0.386. The minimum absolute atomic E-state index is 0.0593. The van der Waals surface area contributed by atoms with Crippen LogP contribution in [-0.2, 0) is 11.3 Å². The largest absolute Gasteiger partial charge is 0.472 e. The van der Waals surface area contributed by atoms with E-state index in [1.165, 1.54) is 17.2 Å². The molecule has 138 valence electrons. The summed E-state index contributed by atoms with van der Waals surface area (Å²) in [5.41, 5.74) is 1.07. The molecule has 0 radical (unpaired) electrons. The Labute approximate surface area is 149 Å². The van der Waals surface area contributed by atoms with Gasteiger partial charge in [0.1, 0.15) is 24.2 Å². The normalized spacial score (nSPS) is 14.5. The average molecular weight is 361 g/mol.